The molecule has 4 nitrogen and oxygen atoms in total. The fraction of sp³-hybridized carbons (Fsp3) is 0.200. The van der Waals surface area contributed by atoms with Gasteiger partial charge < -0.3 is 5.32 Å². The van der Waals surface area contributed by atoms with E-state index in [1.165, 1.54) is 0 Å². The molecular formula is C10H11ClN4. The molecule has 2 rings (SSSR count). The highest BCUT2D eigenvalue weighted by atomic mass is 35.5. The van der Waals surface area contributed by atoms with Crippen LogP contribution in [-0.2, 0) is 6.54 Å². The first-order valence-electron chi connectivity index (χ1n) is 4.58. The number of halogens is 1. The van der Waals surface area contributed by atoms with Crippen LogP contribution in [0.25, 0.3) is 5.69 Å². The van der Waals surface area contributed by atoms with E-state index < -0.39 is 0 Å². The third-order valence-electron chi connectivity index (χ3n) is 1.98. The van der Waals surface area contributed by atoms with E-state index in [2.05, 4.69) is 15.4 Å². The van der Waals surface area contributed by atoms with E-state index >= 15 is 0 Å². The summed E-state index contributed by atoms with van der Waals surface area (Å²) in [5.74, 6) is 0. The van der Waals surface area contributed by atoms with Crippen LogP contribution in [0.5, 0.6) is 0 Å². The summed E-state index contributed by atoms with van der Waals surface area (Å²) >= 11 is 5.80. The summed E-state index contributed by atoms with van der Waals surface area (Å²) in [5, 5.41) is 7.80. The van der Waals surface area contributed by atoms with E-state index in [4.69, 9.17) is 11.6 Å². The topological polar surface area (TPSA) is 42.7 Å². The van der Waals surface area contributed by atoms with Crippen LogP contribution in [0.15, 0.2) is 30.9 Å². The van der Waals surface area contributed by atoms with Gasteiger partial charge in [0.15, 0.2) is 0 Å². The Kier molecular flexibility index (Phi) is 2.99. The average Bonchev–Trinajstić information content (AvgIpc) is 2.66. The van der Waals surface area contributed by atoms with Crippen LogP contribution in [0.1, 0.15) is 5.56 Å². The predicted molar refractivity (Wildman–Crippen MR) is 59.1 cm³/mol. The van der Waals surface area contributed by atoms with Gasteiger partial charge in [0.2, 0.25) is 0 Å². The second kappa shape index (κ2) is 4.42. The second-order valence-corrected chi connectivity index (χ2v) is 3.62. The fourth-order valence-electron chi connectivity index (χ4n) is 1.34. The molecule has 0 aliphatic carbocycles. The maximum absolute atomic E-state index is 5.80. The molecule has 0 atom stereocenters. The molecule has 0 spiro atoms. The quantitative estimate of drug-likeness (QED) is 0.859. The van der Waals surface area contributed by atoms with E-state index in [9.17, 15) is 0 Å². The van der Waals surface area contributed by atoms with Gasteiger partial charge in [0.1, 0.15) is 0 Å². The Hall–Kier alpha value is -1.39. The molecule has 0 aliphatic heterocycles. The first-order chi connectivity index (χ1) is 7.29. The van der Waals surface area contributed by atoms with Gasteiger partial charge in [-0.05, 0) is 18.7 Å². The zero-order valence-corrected chi connectivity index (χ0v) is 9.07. The third-order valence-corrected chi connectivity index (χ3v) is 2.17. The summed E-state index contributed by atoms with van der Waals surface area (Å²) in [6, 6.07) is 2.02. The largest absolute Gasteiger partial charge is 0.316 e. The van der Waals surface area contributed by atoms with Crippen molar-refractivity contribution in [3.05, 3.63) is 41.4 Å². The van der Waals surface area contributed by atoms with E-state index in [0.717, 1.165) is 17.8 Å². The normalized spacial score (nSPS) is 10.5. The number of nitrogens with one attached hydrogen (secondary N) is 1. The molecule has 15 heavy (non-hydrogen) atoms. The Morgan fingerprint density at radius 3 is 2.93 bits per heavy atom. The van der Waals surface area contributed by atoms with Gasteiger partial charge in [0.25, 0.3) is 0 Å². The molecule has 2 aromatic heterocycles. The minimum Gasteiger partial charge on any atom is -0.316 e. The molecule has 0 bridgehead atoms. The fourth-order valence-corrected chi connectivity index (χ4v) is 1.48. The van der Waals surface area contributed by atoms with Crippen molar-refractivity contribution in [1.29, 1.82) is 0 Å². The zero-order valence-electron chi connectivity index (χ0n) is 8.31. The van der Waals surface area contributed by atoms with Crippen molar-refractivity contribution >= 4 is 11.6 Å². The Labute approximate surface area is 92.9 Å². The van der Waals surface area contributed by atoms with Gasteiger partial charge in [0.05, 0.1) is 23.1 Å². The molecule has 0 fully saturated rings. The van der Waals surface area contributed by atoms with Crippen molar-refractivity contribution in [2.75, 3.05) is 7.05 Å². The number of pyridine rings is 1. The monoisotopic (exact) mass is 222 g/mol. The first-order valence-corrected chi connectivity index (χ1v) is 4.96. The highest BCUT2D eigenvalue weighted by Crippen LogP contribution is 2.11. The van der Waals surface area contributed by atoms with Gasteiger partial charge in [-0.15, -0.1) is 0 Å². The van der Waals surface area contributed by atoms with Gasteiger partial charge in [-0.2, -0.15) is 5.10 Å². The molecule has 0 saturated heterocycles. The summed E-state index contributed by atoms with van der Waals surface area (Å²) in [7, 11) is 1.90. The molecule has 2 heterocycles. The lowest BCUT2D eigenvalue weighted by Crippen LogP contribution is -2.06. The van der Waals surface area contributed by atoms with Crippen LogP contribution in [0.3, 0.4) is 0 Å². The average molecular weight is 223 g/mol. The van der Waals surface area contributed by atoms with Crippen LogP contribution >= 0.6 is 11.6 Å². The first kappa shape index (κ1) is 10.1. The standard InChI is InChI=1S/C10H11ClN4/c1-12-3-8-2-10(6-13-4-8)15-7-9(11)5-14-15/h2,4-7,12H,3H2,1H3. The number of rotatable bonds is 3. The van der Waals surface area contributed by atoms with Crippen LogP contribution in [0.2, 0.25) is 5.02 Å². The van der Waals surface area contributed by atoms with Gasteiger partial charge in [-0.1, -0.05) is 11.6 Å². The number of hydrogen-bond donors (Lipinski definition) is 1. The lowest BCUT2D eigenvalue weighted by atomic mass is 10.2. The second-order valence-electron chi connectivity index (χ2n) is 3.18. The molecule has 0 unspecified atom stereocenters. The van der Waals surface area contributed by atoms with Gasteiger partial charge >= 0.3 is 0 Å². The van der Waals surface area contributed by atoms with Crippen LogP contribution < -0.4 is 5.32 Å². The number of nitrogens with zero attached hydrogens (tertiary/aromatic N) is 3. The smallest absolute Gasteiger partial charge is 0.0832 e. The zero-order chi connectivity index (χ0) is 10.7. The maximum Gasteiger partial charge on any atom is 0.0832 e. The Bertz CT molecular complexity index is 452. The van der Waals surface area contributed by atoms with Crippen molar-refractivity contribution in [3.8, 4) is 5.69 Å². The molecule has 5 heteroatoms. The molecule has 2 aromatic rings. The Morgan fingerprint density at radius 2 is 2.27 bits per heavy atom. The summed E-state index contributed by atoms with van der Waals surface area (Å²) in [4.78, 5) is 4.14. The Balaban J connectivity index is 2.32. The minimum atomic E-state index is 0.619. The number of hydrogen-bond acceptors (Lipinski definition) is 3. The van der Waals surface area contributed by atoms with E-state index in [-0.39, 0.29) is 0 Å². The molecule has 1 N–H and O–H groups in total. The molecule has 0 aromatic carbocycles. The minimum absolute atomic E-state index is 0.619. The SMILES string of the molecule is CNCc1cncc(-n2cc(Cl)cn2)c1. The van der Waals surface area contributed by atoms with E-state index in [1.54, 1.807) is 23.3 Å². The van der Waals surface area contributed by atoms with Crippen molar-refractivity contribution in [1.82, 2.24) is 20.1 Å². The summed E-state index contributed by atoms with van der Waals surface area (Å²) in [5.41, 5.74) is 2.02. The van der Waals surface area contributed by atoms with Crippen molar-refractivity contribution in [2.45, 2.75) is 6.54 Å². The maximum atomic E-state index is 5.80. The van der Waals surface area contributed by atoms with Crippen LogP contribution in [0.4, 0.5) is 0 Å². The molecule has 0 radical (unpaired) electrons. The van der Waals surface area contributed by atoms with Crippen LogP contribution in [0, 0.1) is 0 Å². The van der Waals surface area contributed by atoms with E-state index in [1.807, 2.05) is 19.3 Å². The lowest BCUT2D eigenvalue weighted by Gasteiger charge is -2.03. The van der Waals surface area contributed by atoms with Crippen molar-refractivity contribution in [3.63, 3.8) is 0 Å². The van der Waals surface area contributed by atoms with Gasteiger partial charge in [0, 0.05) is 18.9 Å². The molecule has 0 aliphatic rings. The van der Waals surface area contributed by atoms with E-state index in [0.29, 0.717) is 5.02 Å². The highest BCUT2D eigenvalue weighted by molar-refractivity contribution is 6.30. The van der Waals surface area contributed by atoms with Gasteiger partial charge in [-0.25, -0.2) is 4.68 Å². The van der Waals surface area contributed by atoms with Gasteiger partial charge in [-0.3, -0.25) is 4.98 Å². The Morgan fingerprint density at radius 1 is 1.40 bits per heavy atom. The summed E-state index contributed by atoms with van der Waals surface area (Å²) in [6.07, 6.45) is 6.93. The number of aromatic nitrogens is 3. The highest BCUT2D eigenvalue weighted by Gasteiger charge is 2.00. The molecule has 78 valence electrons. The van der Waals surface area contributed by atoms with Crippen molar-refractivity contribution in [2.24, 2.45) is 0 Å². The molecule has 0 amide bonds. The molecular weight excluding hydrogens is 212 g/mol. The summed E-state index contributed by atoms with van der Waals surface area (Å²) in [6.45, 7) is 0.788. The van der Waals surface area contributed by atoms with Crippen LogP contribution in [-0.4, -0.2) is 21.8 Å². The van der Waals surface area contributed by atoms with Crippen molar-refractivity contribution < 1.29 is 0 Å². The lowest BCUT2D eigenvalue weighted by molar-refractivity contribution is 0.804. The third kappa shape index (κ3) is 2.34. The molecule has 0 saturated carbocycles. The predicted octanol–water partition coefficient (Wildman–Crippen LogP) is 1.64. The summed E-state index contributed by atoms with van der Waals surface area (Å²) < 4.78 is 1.70.